The van der Waals surface area contributed by atoms with Gasteiger partial charge < -0.3 is 9.47 Å². The van der Waals surface area contributed by atoms with Crippen molar-refractivity contribution in [3.63, 3.8) is 0 Å². The van der Waals surface area contributed by atoms with E-state index in [2.05, 4.69) is 11.3 Å². The molecule has 3 heteroatoms. The second kappa shape index (κ2) is 5.36. The molecule has 0 spiro atoms. The van der Waals surface area contributed by atoms with Crippen LogP contribution < -0.4 is 4.74 Å². The van der Waals surface area contributed by atoms with E-state index < -0.39 is 0 Å². The van der Waals surface area contributed by atoms with Crippen LogP contribution in [0.25, 0.3) is 10.8 Å². The molecule has 0 aromatic heterocycles. The highest BCUT2D eigenvalue weighted by atomic mass is 16.5. The van der Waals surface area contributed by atoms with E-state index in [1.54, 1.807) is 0 Å². The van der Waals surface area contributed by atoms with Gasteiger partial charge in [0, 0.05) is 0 Å². The highest BCUT2D eigenvalue weighted by Gasteiger charge is 2.04. The van der Waals surface area contributed by atoms with Gasteiger partial charge in [-0.1, -0.05) is 30.8 Å². The van der Waals surface area contributed by atoms with Crippen molar-refractivity contribution in [3.05, 3.63) is 54.8 Å². The summed E-state index contributed by atoms with van der Waals surface area (Å²) < 4.78 is 9.86. The van der Waals surface area contributed by atoms with Crippen molar-refractivity contribution >= 4 is 16.7 Å². The lowest BCUT2D eigenvalue weighted by Crippen LogP contribution is -2.04. The number of hydrogen-bond acceptors (Lipinski definition) is 3. The highest BCUT2D eigenvalue weighted by molar-refractivity contribution is 5.85. The molecule has 92 valence electrons. The molecule has 2 aromatic rings. The largest absolute Gasteiger partial charge is 0.469 e. The number of carbonyl (C=O) groups is 1. The molecule has 0 amide bonds. The van der Waals surface area contributed by atoms with Crippen molar-refractivity contribution in [2.45, 2.75) is 6.42 Å². The van der Waals surface area contributed by atoms with Crippen molar-refractivity contribution < 1.29 is 14.3 Å². The van der Waals surface area contributed by atoms with Crippen LogP contribution in [0.4, 0.5) is 0 Å². The predicted molar refractivity (Wildman–Crippen MR) is 70.5 cm³/mol. The second-order valence-corrected chi connectivity index (χ2v) is 3.88. The molecular formula is C15H14O3. The fourth-order valence-corrected chi connectivity index (χ4v) is 1.79. The minimum absolute atomic E-state index is 0.235. The van der Waals surface area contributed by atoms with Gasteiger partial charge in [0.25, 0.3) is 0 Å². The minimum Gasteiger partial charge on any atom is -0.469 e. The van der Waals surface area contributed by atoms with Gasteiger partial charge in [-0.05, 0) is 28.5 Å². The number of fused-ring (bicyclic) bond motifs is 1. The molecule has 2 rings (SSSR count). The average molecular weight is 242 g/mol. The molecule has 0 aliphatic heterocycles. The SMILES string of the molecule is C=COc1ccc2cc(CC(=O)OC)ccc2c1. The summed E-state index contributed by atoms with van der Waals surface area (Å²) in [4.78, 5) is 11.2. The van der Waals surface area contributed by atoms with Crippen LogP contribution in [0.1, 0.15) is 5.56 Å². The Morgan fingerprint density at radius 3 is 2.67 bits per heavy atom. The Bertz CT molecular complexity index is 587. The predicted octanol–water partition coefficient (Wildman–Crippen LogP) is 3.08. The maximum atomic E-state index is 11.2. The van der Waals surface area contributed by atoms with Gasteiger partial charge in [-0.3, -0.25) is 4.79 Å². The Morgan fingerprint density at radius 1 is 1.22 bits per heavy atom. The fourth-order valence-electron chi connectivity index (χ4n) is 1.79. The molecular weight excluding hydrogens is 228 g/mol. The lowest BCUT2D eigenvalue weighted by Gasteiger charge is -2.05. The summed E-state index contributed by atoms with van der Waals surface area (Å²) >= 11 is 0. The van der Waals surface area contributed by atoms with E-state index in [0.717, 1.165) is 22.1 Å². The van der Waals surface area contributed by atoms with E-state index in [-0.39, 0.29) is 12.4 Å². The van der Waals surface area contributed by atoms with Gasteiger partial charge in [-0.25, -0.2) is 0 Å². The summed E-state index contributed by atoms with van der Waals surface area (Å²) in [5, 5.41) is 2.12. The zero-order valence-corrected chi connectivity index (χ0v) is 10.2. The quantitative estimate of drug-likeness (QED) is 0.610. The van der Waals surface area contributed by atoms with Gasteiger partial charge in [0.1, 0.15) is 5.75 Å². The smallest absolute Gasteiger partial charge is 0.309 e. The van der Waals surface area contributed by atoms with Gasteiger partial charge in [-0.15, -0.1) is 0 Å². The molecule has 0 unspecified atom stereocenters. The molecule has 0 N–H and O–H groups in total. The van der Waals surface area contributed by atoms with E-state index in [4.69, 9.17) is 4.74 Å². The van der Waals surface area contributed by atoms with Gasteiger partial charge in [-0.2, -0.15) is 0 Å². The number of ether oxygens (including phenoxy) is 2. The van der Waals surface area contributed by atoms with E-state index >= 15 is 0 Å². The molecule has 3 nitrogen and oxygen atoms in total. The summed E-state index contributed by atoms with van der Waals surface area (Å²) in [7, 11) is 1.39. The molecule has 0 heterocycles. The first-order valence-corrected chi connectivity index (χ1v) is 5.60. The summed E-state index contributed by atoms with van der Waals surface area (Å²) in [6, 6.07) is 11.6. The number of benzene rings is 2. The zero-order chi connectivity index (χ0) is 13.0. The molecule has 0 fully saturated rings. The summed E-state index contributed by atoms with van der Waals surface area (Å²) in [5.74, 6) is 0.513. The van der Waals surface area contributed by atoms with Gasteiger partial charge in [0.15, 0.2) is 0 Å². The number of esters is 1. The number of rotatable bonds is 4. The Hall–Kier alpha value is -2.29. The Labute approximate surface area is 106 Å². The van der Waals surface area contributed by atoms with Gasteiger partial charge in [0.05, 0.1) is 19.8 Å². The van der Waals surface area contributed by atoms with Crippen molar-refractivity contribution in [1.29, 1.82) is 0 Å². The Balaban J connectivity index is 2.32. The Morgan fingerprint density at radius 2 is 1.94 bits per heavy atom. The number of carbonyl (C=O) groups excluding carboxylic acids is 1. The molecule has 2 aromatic carbocycles. The lowest BCUT2D eigenvalue weighted by molar-refractivity contribution is -0.139. The third-order valence-corrected chi connectivity index (χ3v) is 2.67. The lowest BCUT2D eigenvalue weighted by atomic mass is 10.0. The third-order valence-electron chi connectivity index (χ3n) is 2.67. The van der Waals surface area contributed by atoms with Crippen LogP contribution >= 0.6 is 0 Å². The standard InChI is InChI=1S/C15H14O3/c1-3-18-14-7-6-12-8-11(9-15(16)17-2)4-5-13(12)10-14/h3-8,10H,1,9H2,2H3. The molecule has 0 radical (unpaired) electrons. The molecule has 0 aliphatic carbocycles. The van der Waals surface area contributed by atoms with Crippen molar-refractivity contribution in [1.82, 2.24) is 0 Å². The number of hydrogen-bond donors (Lipinski definition) is 0. The molecule has 0 bridgehead atoms. The normalized spacial score (nSPS) is 10.1. The first-order valence-electron chi connectivity index (χ1n) is 5.60. The first kappa shape index (κ1) is 12.2. The monoisotopic (exact) mass is 242 g/mol. The maximum Gasteiger partial charge on any atom is 0.309 e. The van der Waals surface area contributed by atoms with Crippen molar-refractivity contribution in [2.75, 3.05) is 7.11 Å². The molecule has 0 atom stereocenters. The van der Waals surface area contributed by atoms with Crippen LogP contribution in [0.5, 0.6) is 5.75 Å². The van der Waals surface area contributed by atoms with Gasteiger partial charge >= 0.3 is 5.97 Å². The van der Waals surface area contributed by atoms with Gasteiger partial charge in [0.2, 0.25) is 0 Å². The van der Waals surface area contributed by atoms with E-state index in [0.29, 0.717) is 0 Å². The first-order chi connectivity index (χ1) is 8.72. The molecule has 0 aliphatic rings. The van der Waals surface area contributed by atoms with Crippen LogP contribution in [0.15, 0.2) is 49.2 Å². The molecule has 18 heavy (non-hydrogen) atoms. The van der Waals surface area contributed by atoms with E-state index in [1.165, 1.54) is 13.4 Å². The van der Waals surface area contributed by atoms with Crippen molar-refractivity contribution in [3.8, 4) is 5.75 Å². The number of methoxy groups -OCH3 is 1. The topological polar surface area (TPSA) is 35.5 Å². The maximum absolute atomic E-state index is 11.2. The Kier molecular flexibility index (Phi) is 3.63. The second-order valence-electron chi connectivity index (χ2n) is 3.88. The van der Waals surface area contributed by atoms with Crippen LogP contribution in [0.3, 0.4) is 0 Å². The van der Waals surface area contributed by atoms with Crippen LogP contribution in [0.2, 0.25) is 0 Å². The molecule has 0 saturated heterocycles. The fraction of sp³-hybridized carbons (Fsp3) is 0.133. The summed E-state index contributed by atoms with van der Waals surface area (Å²) in [5.41, 5.74) is 0.937. The van der Waals surface area contributed by atoms with Crippen LogP contribution in [0, 0.1) is 0 Å². The highest BCUT2D eigenvalue weighted by Crippen LogP contribution is 2.22. The zero-order valence-electron chi connectivity index (χ0n) is 10.2. The van der Waals surface area contributed by atoms with E-state index in [1.807, 2.05) is 36.4 Å². The average Bonchev–Trinajstić information content (AvgIpc) is 2.39. The minimum atomic E-state index is -0.235. The summed E-state index contributed by atoms with van der Waals surface area (Å²) in [6.45, 7) is 3.52. The van der Waals surface area contributed by atoms with Crippen molar-refractivity contribution in [2.24, 2.45) is 0 Å². The molecule has 0 saturated carbocycles. The summed E-state index contributed by atoms with van der Waals surface area (Å²) in [6.07, 6.45) is 1.68. The van der Waals surface area contributed by atoms with Crippen LogP contribution in [-0.4, -0.2) is 13.1 Å². The van der Waals surface area contributed by atoms with E-state index in [9.17, 15) is 4.79 Å². The van der Waals surface area contributed by atoms with Crippen LogP contribution in [-0.2, 0) is 16.0 Å². The third kappa shape index (κ3) is 2.69.